The first-order chi connectivity index (χ1) is 28.8. The van der Waals surface area contributed by atoms with E-state index in [0.717, 1.165) is 47.0 Å². The number of aromatic nitrogens is 1. The zero-order valence-electron chi connectivity index (χ0n) is 34.3. The molecule has 4 heteroatoms. The van der Waals surface area contributed by atoms with Crippen molar-refractivity contribution in [1.82, 2.24) is 4.57 Å². The first kappa shape index (κ1) is 35.6. The van der Waals surface area contributed by atoms with E-state index in [2.05, 4.69) is 189 Å². The molecule has 0 spiro atoms. The van der Waals surface area contributed by atoms with E-state index in [-0.39, 0.29) is 5.41 Å². The van der Waals surface area contributed by atoms with Gasteiger partial charge in [-0.2, -0.15) is 0 Å². The molecule has 1 N–H and O–H groups in total. The summed E-state index contributed by atoms with van der Waals surface area (Å²) in [6.07, 6.45) is 4.86. The van der Waals surface area contributed by atoms with E-state index in [1.807, 2.05) is 0 Å². The Morgan fingerprint density at radius 3 is 2.20 bits per heavy atom. The van der Waals surface area contributed by atoms with Crippen molar-refractivity contribution < 1.29 is 4.42 Å². The summed E-state index contributed by atoms with van der Waals surface area (Å²) in [4.78, 5) is 0. The molecule has 10 aromatic rings. The Labute approximate surface area is 346 Å². The zero-order chi connectivity index (χ0) is 39.8. The fraction of sp³-hybridized carbons (Fsp3) is 0.164. The topological polar surface area (TPSA) is 30.1 Å². The van der Waals surface area contributed by atoms with Crippen molar-refractivity contribution in [2.75, 3.05) is 5.32 Å². The first-order valence-corrected chi connectivity index (χ1v) is 21.4. The van der Waals surface area contributed by atoms with Gasteiger partial charge in [-0.25, -0.2) is 0 Å². The molecular weight excluding hydrogens is 715 g/mol. The number of furan rings is 1. The largest absolute Gasteiger partial charge is 0.456 e. The van der Waals surface area contributed by atoms with E-state index in [4.69, 9.17) is 4.42 Å². The van der Waals surface area contributed by atoms with Crippen LogP contribution in [0.15, 0.2) is 156 Å². The van der Waals surface area contributed by atoms with Crippen molar-refractivity contribution in [3.05, 3.63) is 163 Å². The molecule has 0 atom stereocenters. The molecule has 8 aromatic carbocycles. The maximum atomic E-state index is 6.53. The van der Waals surface area contributed by atoms with Crippen molar-refractivity contribution in [2.45, 2.75) is 58.8 Å². The van der Waals surface area contributed by atoms with Crippen LogP contribution in [0.25, 0.3) is 82.5 Å². The molecule has 0 unspecified atom stereocenters. The lowest BCUT2D eigenvalue weighted by Crippen LogP contribution is -2.37. The van der Waals surface area contributed by atoms with Gasteiger partial charge in [0.15, 0.2) is 7.28 Å². The van der Waals surface area contributed by atoms with Gasteiger partial charge in [-0.05, 0) is 111 Å². The normalized spacial score (nSPS) is 12.5. The predicted molar refractivity (Wildman–Crippen MR) is 255 cm³/mol. The number of unbranched alkanes of at least 4 members (excludes halogenated alkanes) is 2. The third kappa shape index (κ3) is 5.88. The number of anilines is 2. The Bertz CT molecular complexity index is 3250. The van der Waals surface area contributed by atoms with Gasteiger partial charge in [0, 0.05) is 49.7 Å². The fourth-order valence-electron chi connectivity index (χ4n) is 9.74. The number of nitrogens with one attached hydrogen (secondary N) is 1. The van der Waals surface area contributed by atoms with Crippen molar-refractivity contribution in [3.8, 4) is 27.9 Å². The molecule has 3 nitrogen and oxygen atoms in total. The highest BCUT2D eigenvalue weighted by atomic mass is 16.3. The van der Waals surface area contributed by atoms with E-state index in [1.165, 1.54) is 102 Å². The molecule has 0 amide bonds. The summed E-state index contributed by atoms with van der Waals surface area (Å²) in [6.45, 7) is 9.14. The second kappa shape index (κ2) is 13.8. The Morgan fingerprint density at radius 1 is 0.627 bits per heavy atom. The molecule has 1 aliphatic rings. The minimum absolute atomic E-state index is 0.0561. The van der Waals surface area contributed by atoms with Crippen molar-refractivity contribution in [1.29, 1.82) is 0 Å². The van der Waals surface area contributed by atoms with Crippen LogP contribution in [-0.4, -0.2) is 11.8 Å². The number of aryl methyl sites for hydroxylation is 1. The molecule has 0 fully saturated rings. The number of hydrogen-bond acceptors (Lipinski definition) is 2. The van der Waals surface area contributed by atoms with Gasteiger partial charge in [0.25, 0.3) is 0 Å². The molecule has 59 heavy (non-hydrogen) atoms. The van der Waals surface area contributed by atoms with Gasteiger partial charge in [0.1, 0.15) is 11.2 Å². The quantitative estimate of drug-likeness (QED) is 0.123. The van der Waals surface area contributed by atoms with Crippen LogP contribution in [0.1, 0.15) is 58.1 Å². The van der Waals surface area contributed by atoms with Crippen molar-refractivity contribution >= 4 is 84.1 Å². The van der Waals surface area contributed by atoms with Crippen LogP contribution < -0.4 is 16.2 Å². The second-order valence-electron chi connectivity index (χ2n) is 17.6. The van der Waals surface area contributed by atoms with E-state index in [0.29, 0.717) is 0 Å². The van der Waals surface area contributed by atoms with E-state index < -0.39 is 0 Å². The maximum Gasteiger partial charge on any atom is 0.198 e. The van der Waals surface area contributed by atoms with E-state index in [9.17, 15) is 0 Å². The van der Waals surface area contributed by atoms with Crippen molar-refractivity contribution in [2.24, 2.45) is 0 Å². The Kier molecular flexibility index (Phi) is 8.34. The molecule has 0 radical (unpaired) electrons. The zero-order valence-corrected chi connectivity index (χ0v) is 34.3. The molecule has 286 valence electrons. The maximum absolute atomic E-state index is 6.53. The van der Waals surface area contributed by atoms with Gasteiger partial charge in [-0.1, -0.05) is 149 Å². The Morgan fingerprint density at radius 2 is 1.39 bits per heavy atom. The highest BCUT2D eigenvalue weighted by molar-refractivity contribution is 6.74. The van der Waals surface area contributed by atoms with Gasteiger partial charge >= 0.3 is 0 Å². The number of hydrogen-bond donors (Lipinski definition) is 1. The number of benzene rings is 8. The Balaban J connectivity index is 1.21. The lowest BCUT2D eigenvalue weighted by atomic mass is 9.58. The van der Waals surface area contributed by atoms with Crippen LogP contribution >= 0.6 is 0 Å². The summed E-state index contributed by atoms with van der Waals surface area (Å²) >= 11 is 0. The summed E-state index contributed by atoms with van der Waals surface area (Å²) in [5.41, 5.74) is 18.1. The summed E-state index contributed by atoms with van der Waals surface area (Å²) in [5.74, 6) is 0. The lowest BCUT2D eigenvalue weighted by molar-refractivity contribution is 0.590. The van der Waals surface area contributed by atoms with Crippen LogP contribution in [0.5, 0.6) is 0 Å². The highest BCUT2D eigenvalue weighted by Gasteiger charge is 2.30. The molecule has 0 saturated heterocycles. The molecule has 0 saturated carbocycles. The van der Waals surface area contributed by atoms with E-state index in [1.54, 1.807) is 0 Å². The summed E-state index contributed by atoms with van der Waals surface area (Å²) < 4.78 is 9.11. The van der Waals surface area contributed by atoms with E-state index >= 15 is 0 Å². The smallest absolute Gasteiger partial charge is 0.198 e. The minimum Gasteiger partial charge on any atom is -0.456 e. The number of nitrogens with zero attached hydrogens (tertiary/aromatic N) is 1. The van der Waals surface area contributed by atoms with Gasteiger partial charge in [0.05, 0.1) is 5.52 Å². The Hall–Kier alpha value is -6.52. The minimum atomic E-state index is 0.0561. The second-order valence-corrected chi connectivity index (χ2v) is 17.6. The third-order valence-corrected chi connectivity index (χ3v) is 12.8. The molecular formula is C55H47BN2O. The third-order valence-electron chi connectivity index (χ3n) is 12.8. The van der Waals surface area contributed by atoms with Gasteiger partial charge in [-0.3, -0.25) is 0 Å². The van der Waals surface area contributed by atoms with Crippen LogP contribution in [0.3, 0.4) is 0 Å². The molecule has 1 aliphatic heterocycles. The van der Waals surface area contributed by atoms with Gasteiger partial charge < -0.3 is 14.3 Å². The van der Waals surface area contributed by atoms with Crippen molar-refractivity contribution in [3.63, 3.8) is 0 Å². The summed E-state index contributed by atoms with van der Waals surface area (Å²) in [6, 6.07) is 56.4. The number of rotatable bonds is 8. The molecule has 0 bridgehead atoms. The number of fused-ring (bicyclic) bond motifs is 10. The summed E-state index contributed by atoms with van der Waals surface area (Å²) in [7, 11) is 0.784. The van der Waals surface area contributed by atoms with Gasteiger partial charge in [0.2, 0.25) is 0 Å². The molecule has 0 aliphatic carbocycles. The average Bonchev–Trinajstić information content (AvgIpc) is 3.80. The molecule has 2 aromatic heterocycles. The SMILES string of the molecule is CCCCCc1ccc(Nc2ccccc2-c2cc(-c3ccc(C(C)(C)C)cc3)c3c4c5ccccc5ccc4n4c3c2Bc2cc3oc5ccccc5c3cc2-4)cc1. The highest BCUT2D eigenvalue weighted by Crippen LogP contribution is 2.46. The summed E-state index contributed by atoms with van der Waals surface area (Å²) in [5, 5.41) is 11.3. The van der Waals surface area contributed by atoms with Crippen LogP contribution in [-0.2, 0) is 11.8 Å². The van der Waals surface area contributed by atoms with Gasteiger partial charge in [-0.15, -0.1) is 0 Å². The standard InChI is InChI=1S/C55H47BN2O/c1-5-6-7-14-34-21-28-38(29-22-34)57-46-19-12-10-17-40(46)44-31-42(36-23-26-37(27-24-36)55(2,3)4)52-51-39-16-9-8-15-35(39)25-30-47(51)58-48-32-43-41-18-11-13-20-49(41)59-50(43)33-45(48)56-53(44)54(52)58/h8-13,15-33,56-57H,5-7,14H2,1-4H3. The van der Waals surface area contributed by atoms with Crippen LogP contribution in [0.4, 0.5) is 11.4 Å². The lowest BCUT2D eigenvalue weighted by Gasteiger charge is -2.25. The van der Waals surface area contributed by atoms with Crippen LogP contribution in [0, 0.1) is 0 Å². The number of para-hydroxylation sites is 2. The first-order valence-electron chi connectivity index (χ1n) is 21.4. The van der Waals surface area contributed by atoms with Crippen LogP contribution in [0.2, 0.25) is 0 Å². The average molecular weight is 763 g/mol. The molecule has 3 heterocycles. The molecule has 11 rings (SSSR count). The fourth-order valence-corrected chi connectivity index (χ4v) is 9.74. The monoisotopic (exact) mass is 762 g/mol. The predicted octanol–water partition coefficient (Wildman–Crippen LogP) is 13.6.